The molecule has 2 aromatic carbocycles. The number of primary amides is 1. The minimum absolute atomic E-state index is 0.0440. The zero-order chi connectivity index (χ0) is 17.9. The molecular formula is C20H23N3O2S. The van der Waals surface area contributed by atoms with Crippen molar-refractivity contribution in [3.8, 4) is 5.75 Å². The summed E-state index contributed by atoms with van der Waals surface area (Å²) in [5, 5.41) is 3.37. The maximum Gasteiger partial charge on any atom is 0.223 e. The van der Waals surface area contributed by atoms with Gasteiger partial charge in [0.25, 0.3) is 0 Å². The van der Waals surface area contributed by atoms with Crippen LogP contribution in [-0.2, 0) is 11.3 Å². The standard InChI is InChI=1S/C20H23N3O2S/c21-19(24)15-9-11-23(12-10-15)13-14-5-7-16(8-6-14)25-20-22-17-3-1-2-4-18(17)26-20/h1-8,15,20,22H,9-13H2,(H2,21,24). The Morgan fingerprint density at radius 2 is 1.88 bits per heavy atom. The molecule has 1 saturated heterocycles. The fourth-order valence-electron chi connectivity index (χ4n) is 3.44. The van der Waals surface area contributed by atoms with E-state index in [1.807, 2.05) is 24.3 Å². The van der Waals surface area contributed by atoms with Crippen molar-refractivity contribution < 1.29 is 9.53 Å². The Kier molecular flexibility index (Phi) is 5.04. The van der Waals surface area contributed by atoms with Crippen LogP contribution in [0.5, 0.6) is 5.75 Å². The number of amides is 1. The molecule has 3 N–H and O–H groups in total. The second-order valence-electron chi connectivity index (χ2n) is 6.80. The van der Waals surface area contributed by atoms with E-state index in [0.29, 0.717) is 0 Å². The number of likely N-dealkylation sites (tertiary alicyclic amines) is 1. The molecule has 6 heteroatoms. The molecule has 4 rings (SSSR count). The molecule has 2 aromatic rings. The van der Waals surface area contributed by atoms with Gasteiger partial charge in [-0.1, -0.05) is 36.0 Å². The molecule has 2 aliphatic heterocycles. The summed E-state index contributed by atoms with van der Waals surface area (Å²) in [6.45, 7) is 2.74. The van der Waals surface area contributed by atoms with Gasteiger partial charge in [0.1, 0.15) is 5.75 Å². The normalized spacial score (nSPS) is 20.4. The Bertz CT molecular complexity index is 748. The second kappa shape index (κ2) is 7.60. The predicted molar refractivity (Wildman–Crippen MR) is 104 cm³/mol. The Morgan fingerprint density at radius 3 is 2.58 bits per heavy atom. The minimum Gasteiger partial charge on any atom is -0.461 e. The van der Waals surface area contributed by atoms with E-state index in [2.05, 4.69) is 34.5 Å². The van der Waals surface area contributed by atoms with Gasteiger partial charge in [-0.15, -0.1) is 0 Å². The molecule has 0 bridgehead atoms. The molecule has 0 aliphatic carbocycles. The average Bonchev–Trinajstić information content (AvgIpc) is 3.06. The first-order chi connectivity index (χ1) is 12.7. The van der Waals surface area contributed by atoms with E-state index >= 15 is 0 Å². The van der Waals surface area contributed by atoms with Gasteiger partial charge in [-0.25, -0.2) is 0 Å². The molecule has 136 valence electrons. The molecule has 0 aromatic heterocycles. The fourth-order valence-corrected chi connectivity index (χ4v) is 4.43. The van der Waals surface area contributed by atoms with E-state index in [1.54, 1.807) is 11.8 Å². The van der Waals surface area contributed by atoms with E-state index in [4.69, 9.17) is 10.5 Å². The number of nitrogens with one attached hydrogen (secondary N) is 1. The summed E-state index contributed by atoms with van der Waals surface area (Å²) in [7, 11) is 0. The molecule has 2 heterocycles. The summed E-state index contributed by atoms with van der Waals surface area (Å²) in [6.07, 6.45) is 1.73. The van der Waals surface area contributed by atoms with E-state index in [9.17, 15) is 4.79 Å². The number of hydrogen-bond donors (Lipinski definition) is 2. The lowest BCUT2D eigenvalue weighted by Gasteiger charge is -2.30. The van der Waals surface area contributed by atoms with E-state index < -0.39 is 0 Å². The highest BCUT2D eigenvalue weighted by Gasteiger charge is 2.24. The molecule has 0 spiro atoms. The van der Waals surface area contributed by atoms with Crippen LogP contribution in [0.3, 0.4) is 0 Å². The number of rotatable bonds is 5. The third-order valence-corrected chi connectivity index (χ3v) is 6.00. The van der Waals surface area contributed by atoms with Crippen LogP contribution in [0.25, 0.3) is 0 Å². The van der Waals surface area contributed by atoms with Gasteiger partial charge in [-0.3, -0.25) is 9.69 Å². The minimum atomic E-state index is -0.160. The lowest BCUT2D eigenvalue weighted by atomic mass is 9.96. The van der Waals surface area contributed by atoms with Gasteiger partial charge in [-0.05, 0) is 55.8 Å². The van der Waals surface area contributed by atoms with E-state index in [1.165, 1.54) is 10.5 Å². The van der Waals surface area contributed by atoms with Gasteiger partial charge in [0.05, 0.1) is 5.69 Å². The average molecular weight is 369 g/mol. The zero-order valence-corrected chi connectivity index (χ0v) is 15.4. The van der Waals surface area contributed by atoms with Crippen LogP contribution in [0, 0.1) is 5.92 Å². The Balaban J connectivity index is 1.29. The predicted octanol–water partition coefficient (Wildman–Crippen LogP) is 3.26. The van der Waals surface area contributed by atoms with Crippen molar-refractivity contribution in [3.63, 3.8) is 0 Å². The first-order valence-electron chi connectivity index (χ1n) is 8.97. The van der Waals surface area contributed by atoms with Crippen molar-refractivity contribution in [1.82, 2.24) is 4.90 Å². The van der Waals surface area contributed by atoms with Crippen molar-refractivity contribution >= 4 is 23.4 Å². The highest BCUT2D eigenvalue weighted by molar-refractivity contribution is 8.00. The molecule has 1 fully saturated rings. The molecule has 5 nitrogen and oxygen atoms in total. The van der Waals surface area contributed by atoms with Crippen molar-refractivity contribution in [2.75, 3.05) is 18.4 Å². The van der Waals surface area contributed by atoms with Crippen LogP contribution < -0.4 is 15.8 Å². The summed E-state index contributed by atoms with van der Waals surface area (Å²) in [6, 6.07) is 16.5. The quantitative estimate of drug-likeness (QED) is 0.847. The number of carbonyl (C=O) groups is 1. The second-order valence-corrected chi connectivity index (χ2v) is 7.91. The number of carbonyl (C=O) groups excluding carboxylic acids is 1. The van der Waals surface area contributed by atoms with Crippen molar-refractivity contribution in [1.29, 1.82) is 0 Å². The topological polar surface area (TPSA) is 67.6 Å². The van der Waals surface area contributed by atoms with Crippen molar-refractivity contribution in [3.05, 3.63) is 54.1 Å². The summed E-state index contributed by atoms with van der Waals surface area (Å²) in [5.74, 6) is 0.744. The van der Waals surface area contributed by atoms with Crippen molar-refractivity contribution in [2.45, 2.75) is 29.8 Å². The Labute approximate surface area is 157 Å². The van der Waals surface area contributed by atoms with Crippen LogP contribution in [0.15, 0.2) is 53.4 Å². The number of anilines is 1. The number of benzene rings is 2. The molecule has 0 saturated carbocycles. The van der Waals surface area contributed by atoms with Crippen LogP contribution in [-0.4, -0.2) is 29.5 Å². The maximum absolute atomic E-state index is 11.3. The SMILES string of the molecule is NC(=O)C1CCN(Cc2ccc(OC3Nc4ccccc4S3)cc2)CC1. The number of piperidine rings is 1. The lowest BCUT2D eigenvalue weighted by Crippen LogP contribution is -2.38. The Hall–Kier alpha value is -2.18. The zero-order valence-electron chi connectivity index (χ0n) is 14.6. The number of ether oxygens (including phenoxy) is 1. The van der Waals surface area contributed by atoms with Crippen LogP contribution >= 0.6 is 11.8 Å². The summed E-state index contributed by atoms with van der Waals surface area (Å²) < 4.78 is 6.03. The Morgan fingerprint density at radius 1 is 1.15 bits per heavy atom. The molecule has 1 atom stereocenters. The third kappa shape index (κ3) is 3.97. The van der Waals surface area contributed by atoms with Crippen molar-refractivity contribution in [2.24, 2.45) is 11.7 Å². The highest BCUT2D eigenvalue weighted by Crippen LogP contribution is 2.38. The van der Waals surface area contributed by atoms with Gasteiger partial charge >= 0.3 is 0 Å². The number of thioether (sulfide) groups is 1. The molecule has 2 aliphatic rings. The summed E-state index contributed by atoms with van der Waals surface area (Å²) in [5.41, 5.74) is 7.69. The molecule has 1 unspecified atom stereocenters. The summed E-state index contributed by atoms with van der Waals surface area (Å²) in [4.78, 5) is 14.8. The summed E-state index contributed by atoms with van der Waals surface area (Å²) >= 11 is 1.69. The maximum atomic E-state index is 11.3. The smallest absolute Gasteiger partial charge is 0.223 e. The van der Waals surface area contributed by atoms with Gasteiger partial charge < -0.3 is 15.8 Å². The third-order valence-electron chi connectivity index (χ3n) is 4.96. The van der Waals surface area contributed by atoms with E-state index in [-0.39, 0.29) is 17.4 Å². The number of para-hydroxylation sites is 1. The number of nitrogens with two attached hydrogens (primary N) is 1. The van der Waals surface area contributed by atoms with Gasteiger partial charge in [0, 0.05) is 17.4 Å². The number of nitrogens with zero attached hydrogens (tertiary/aromatic N) is 1. The van der Waals surface area contributed by atoms with Crippen LogP contribution in [0.1, 0.15) is 18.4 Å². The van der Waals surface area contributed by atoms with Gasteiger partial charge in [-0.2, -0.15) is 0 Å². The van der Waals surface area contributed by atoms with Gasteiger partial charge in [0.15, 0.2) is 0 Å². The first kappa shape index (κ1) is 17.2. The largest absolute Gasteiger partial charge is 0.461 e. The number of hydrogen-bond acceptors (Lipinski definition) is 5. The molecule has 0 radical (unpaired) electrons. The first-order valence-corrected chi connectivity index (χ1v) is 9.85. The monoisotopic (exact) mass is 369 g/mol. The van der Waals surface area contributed by atoms with E-state index in [0.717, 1.165) is 43.9 Å². The van der Waals surface area contributed by atoms with Crippen LogP contribution in [0.4, 0.5) is 5.69 Å². The molecule has 26 heavy (non-hydrogen) atoms. The molecular weight excluding hydrogens is 346 g/mol. The lowest BCUT2D eigenvalue weighted by molar-refractivity contribution is -0.123. The van der Waals surface area contributed by atoms with Crippen LogP contribution in [0.2, 0.25) is 0 Å². The van der Waals surface area contributed by atoms with Gasteiger partial charge in [0.2, 0.25) is 11.5 Å². The number of fused-ring (bicyclic) bond motifs is 1. The molecule has 1 amide bonds. The highest BCUT2D eigenvalue weighted by atomic mass is 32.2. The fraction of sp³-hybridized carbons (Fsp3) is 0.350.